The normalized spacial score (nSPS) is 19.6. The fraction of sp³-hybridized carbons (Fsp3) is 0.0667. The SMILES string of the molecule is OC1(c2ccccc2)c2cc(-c3ccccc3)c(-c3ccccc3)cc2C(c2ccccc2)(c2ccccc2)C1(O)c1ccccc1. The molecule has 2 atom stereocenters. The van der Waals surface area contributed by atoms with Crippen LogP contribution in [0.15, 0.2) is 194 Å². The molecule has 7 aromatic carbocycles. The Hall–Kier alpha value is -5.54. The van der Waals surface area contributed by atoms with Gasteiger partial charge < -0.3 is 10.2 Å². The quantitative estimate of drug-likeness (QED) is 0.198. The summed E-state index contributed by atoms with van der Waals surface area (Å²) in [6.45, 7) is 0. The average molecular weight is 607 g/mol. The van der Waals surface area contributed by atoms with E-state index in [1.807, 2.05) is 121 Å². The molecule has 2 unspecified atom stereocenters. The van der Waals surface area contributed by atoms with Gasteiger partial charge in [-0.15, -0.1) is 0 Å². The van der Waals surface area contributed by atoms with Gasteiger partial charge in [0.15, 0.2) is 0 Å². The molecule has 2 heteroatoms. The Morgan fingerprint density at radius 2 is 0.638 bits per heavy atom. The van der Waals surface area contributed by atoms with Crippen molar-refractivity contribution < 1.29 is 10.2 Å². The Balaban J connectivity index is 1.63. The van der Waals surface area contributed by atoms with Crippen LogP contribution in [0.2, 0.25) is 0 Å². The molecule has 8 rings (SSSR count). The zero-order valence-electron chi connectivity index (χ0n) is 25.9. The number of rotatable bonds is 6. The van der Waals surface area contributed by atoms with Crippen LogP contribution in [0.4, 0.5) is 0 Å². The summed E-state index contributed by atoms with van der Waals surface area (Å²) in [5.41, 5.74) is 3.65. The topological polar surface area (TPSA) is 40.5 Å². The molecule has 1 aliphatic carbocycles. The summed E-state index contributed by atoms with van der Waals surface area (Å²) in [4.78, 5) is 0. The van der Waals surface area contributed by atoms with E-state index < -0.39 is 16.6 Å². The van der Waals surface area contributed by atoms with E-state index in [4.69, 9.17) is 0 Å². The van der Waals surface area contributed by atoms with E-state index in [-0.39, 0.29) is 0 Å². The molecule has 226 valence electrons. The second-order valence-electron chi connectivity index (χ2n) is 12.3. The highest BCUT2D eigenvalue weighted by atomic mass is 16.4. The van der Waals surface area contributed by atoms with Crippen LogP contribution in [0.3, 0.4) is 0 Å². The van der Waals surface area contributed by atoms with Gasteiger partial charge in [0, 0.05) is 0 Å². The second-order valence-corrected chi connectivity index (χ2v) is 12.3. The van der Waals surface area contributed by atoms with E-state index >= 15 is 0 Å². The van der Waals surface area contributed by atoms with Gasteiger partial charge >= 0.3 is 0 Å². The lowest BCUT2D eigenvalue weighted by Gasteiger charge is -2.50. The van der Waals surface area contributed by atoms with Crippen molar-refractivity contribution in [3.8, 4) is 22.3 Å². The monoisotopic (exact) mass is 606 g/mol. The van der Waals surface area contributed by atoms with Crippen LogP contribution in [0, 0.1) is 0 Å². The Morgan fingerprint density at radius 3 is 1.04 bits per heavy atom. The Labute approximate surface area is 275 Å². The Kier molecular flexibility index (Phi) is 6.99. The van der Waals surface area contributed by atoms with Crippen LogP contribution in [-0.2, 0) is 16.6 Å². The van der Waals surface area contributed by atoms with Crippen LogP contribution in [-0.4, -0.2) is 10.2 Å². The second kappa shape index (κ2) is 11.4. The number of hydrogen-bond acceptors (Lipinski definition) is 2. The lowest BCUT2D eigenvalue weighted by molar-refractivity contribution is -0.152. The first-order valence-corrected chi connectivity index (χ1v) is 16.1. The summed E-state index contributed by atoms with van der Waals surface area (Å²) in [5, 5.41) is 28.0. The van der Waals surface area contributed by atoms with E-state index in [2.05, 4.69) is 72.8 Å². The molecule has 0 saturated carbocycles. The average Bonchev–Trinajstić information content (AvgIpc) is 3.34. The first-order chi connectivity index (χ1) is 23.1. The summed E-state index contributed by atoms with van der Waals surface area (Å²) >= 11 is 0. The molecule has 0 fully saturated rings. The van der Waals surface area contributed by atoms with Gasteiger partial charge in [-0.25, -0.2) is 0 Å². The van der Waals surface area contributed by atoms with Gasteiger partial charge in [-0.1, -0.05) is 182 Å². The molecule has 0 radical (unpaired) electrons. The van der Waals surface area contributed by atoms with Gasteiger partial charge in [0.1, 0.15) is 11.2 Å². The molecule has 47 heavy (non-hydrogen) atoms. The molecular weight excluding hydrogens is 572 g/mol. The van der Waals surface area contributed by atoms with Crippen molar-refractivity contribution in [3.05, 3.63) is 228 Å². The standard InChI is InChI=1S/C45H34O2/c46-44(37-27-15-5-16-28-37)42-32-40(34-21-9-2-10-22-34)39(33-19-7-1-8-20-33)31-41(42)43(35-23-11-3-12-24-35,36-25-13-4-14-26-36)45(44,47)38-29-17-6-18-30-38/h1-32,46-47H. The highest BCUT2D eigenvalue weighted by Gasteiger charge is 2.72. The molecule has 1 aliphatic rings. The van der Waals surface area contributed by atoms with Gasteiger partial charge in [-0.05, 0) is 67.8 Å². The smallest absolute Gasteiger partial charge is 0.149 e. The van der Waals surface area contributed by atoms with Crippen LogP contribution in [0.1, 0.15) is 33.4 Å². The highest BCUT2D eigenvalue weighted by Crippen LogP contribution is 2.68. The van der Waals surface area contributed by atoms with Crippen molar-refractivity contribution in [2.24, 2.45) is 0 Å². The highest BCUT2D eigenvalue weighted by molar-refractivity contribution is 5.87. The number of hydrogen-bond donors (Lipinski definition) is 2. The van der Waals surface area contributed by atoms with Crippen molar-refractivity contribution in [2.75, 3.05) is 0 Å². The van der Waals surface area contributed by atoms with Gasteiger partial charge in [0.05, 0.1) is 5.41 Å². The van der Waals surface area contributed by atoms with Crippen LogP contribution >= 0.6 is 0 Å². The number of benzene rings is 7. The molecule has 2 nitrogen and oxygen atoms in total. The number of aliphatic hydroxyl groups is 2. The third kappa shape index (κ3) is 4.12. The van der Waals surface area contributed by atoms with Gasteiger partial charge in [0.25, 0.3) is 0 Å². The van der Waals surface area contributed by atoms with Crippen molar-refractivity contribution in [1.29, 1.82) is 0 Å². The third-order valence-corrected chi connectivity index (χ3v) is 9.98. The predicted molar refractivity (Wildman–Crippen MR) is 190 cm³/mol. The molecule has 0 bridgehead atoms. The largest absolute Gasteiger partial charge is 0.380 e. The lowest BCUT2D eigenvalue weighted by Crippen LogP contribution is -2.58. The van der Waals surface area contributed by atoms with Gasteiger partial charge in [-0.3, -0.25) is 0 Å². The summed E-state index contributed by atoms with van der Waals surface area (Å²) in [6, 6.07) is 64.8. The Morgan fingerprint density at radius 1 is 0.319 bits per heavy atom. The molecular formula is C45H34O2. The fourth-order valence-electron chi connectivity index (χ4n) is 8.00. The van der Waals surface area contributed by atoms with E-state index in [0.29, 0.717) is 16.7 Å². The van der Waals surface area contributed by atoms with Crippen LogP contribution in [0.25, 0.3) is 22.3 Å². The van der Waals surface area contributed by atoms with E-state index in [1.165, 1.54) is 0 Å². The first kappa shape index (κ1) is 28.9. The molecule has 2 N–H and O–H groups in total. The van der Waals surface area contributed by atoms with Crippen LogP contribution < -0.4 is 0 Å². The van der Waals surface area contributed by atoms with Crippen LogP contribution in [0.5, 0.6) is 0 Å². The van der Waals surface area contributed by atoms with E-state index in [1.54, 1.807) is 0 Å². The summed E-state index contributed by atoms with van der Waals surface area (Å²) in [7, 11) is 0. The van der Waals surface area contributed by atoms with Crippen molar-refractivity contribution in [1.82, 2.24) is 0 Å². The lowest BCUT2D eigenvalue weighted by atomic mass is 9.57. The third-order valence-electron chi connectivity index (χ3n) is 9.98. The minimum atomic E-state index is -1.89. The molecule has 0 aromatic heterocycles. The number of fused-ring (bicyclic) bond motifs is 1. The zero-order valence-corrected chi connectivity index (χ0v) is 25.9. The minimum absolute atomic E-state index is 0.618. The summed E-state index contributed by atoms with van der Waals surface area (Å²) in [6.07, 6.45) is 0. The molecule has 0 amide bonds. The van der Waals surface area contributed by atoms with Gasteiger partial charge in [0.2, 0.25) is 0 Å². The fourth-order valence-corrected chi connectivity index (χ4v) is 8.00. The molecule has 0 aliphatic heterocycles. The van der Waals surface area contributed by atoms with Crippen molar-refractivity contribution >= 4 is 0 Å². The molecule has 0 heterocycles. The zero-order chi connectivity index (χ0) is 31.9. The molecule has 7 aromatic rings. The molecule has 0 saturated heterocycles. The summed E-state index contributed by atoms with van der Waals surface area (Å²) < 4.78 is 0. The van der Waals surface area contributed by atoms with E-state index in [9.17, 15) is 10.2 Å². The predicted octanol–water partition coefficient (Wildman–Crippen LogP) is 9.49. The maximum Gasteiger partial charge on any atom is 0.149 e. The van der Waals surface area contributed by atoms with Gasteiger partial charge in [-0.2, -0.15) is 0 Å². The maximum absolute atomic E-state index is 14.1. The minimum Gasteiger partial charge on any atom is -0.380 e. The van der Waals surface area contributed by atoms with Crippen molar-refractivity contribution in [3.63, 3.8) is 0 Å². The Bertz CT molecular complexity index is 2090. The molecule has 0 spiro atoms. The maximum atomic E-state index is 14.1. The first-order valence-electron chi connectivity index (χ1n) is 16.1. The van der Waals surface area contributed by atoms with E-state index in [0.717, 1.165) is 38.9 Å². The summed E-state index contributed by atoms with van der Waals surface area (Å²) in [5.74, 6) is 0. The van der Waals surface area contributed by atoms with Crippen molar-refractivity contribution in [2.45, 2.75) is 16.6 Å².